The number of carbonyl (C=O) groups is 5. The molecule has 0 aromatic heterocycles. The van der Waals surface area contributed by atoms with E-state index >= 15 is 0 Å². The minimum atomic E-state index is -2.75. The van der Waals surface area contributed by atoms with Gasteiger partial charge in [-0.2, -0.15) is 0 Å². The third-order valence-electron chi connectivity index (χ3n) is 10.7. The number of fused-ring (bicyclic) bond motifs is 4. The number of benzene rings is 3. The first-order chi connectivity index (χ1) is 22.4. The van der Waals surface area contributed by atoms with Crippen molar-refractivity contribution in [3.63, 3.8) is 0 Å². The fraction of sp³-hybridized carbons (Fsp3) is 0.417. The predicted molar refractivity (Wildman–Crippen MR) is 170 cm³/mol. The summed E-state index contributed by atoms with van der Waals surface area (Å²) < 4.78 is 5.52. The monoisotopic (exact) mass is 639 g/mol. The third kappa shape index (κ3) is 4.67. The first-order valence-corrected chi connectivity index (χ1v) is 16.0. The number of ether oxygens (including phenoxy) is 1. The molecule has 11 heteroatoms. The van der Waals surface area contributed by atoms with Gasteiger partial charge in [0.1, 0.15) is 5.75 Å². The van der Waals surface area contributed by atoms with Gasteiger partial charge in [-0.1, -0.05) is 42.5 Å². The van der Waals surface area contributed by atoms with Crippen LogP contribution in [0.3, 0.4) is 0 Å². The topological polar surface area (TPSA) is 168 Å². The average Bonchev–Trinajstić information content (AvgIpc) is 3.03. The first kappa shape index (κ1) is 31.3. The predicted octanol–water partition coefficient (Wildman–Crippen LogP) is 1.52. The number of Topliss-reactive ketones (excluding diaryl/α,β-unsaturated/α-hetero) is 4. The molecular formula is C36H37N3O8. The highest BCUT2D eigenvalue weighted by Crippen LogP contribution is 2.52. The van der Waals surface area contributed by atoms with Crippen LogP contribution in [0.5, 0.6) is 5.75 Å². The van der Waals surface area contributed by atoms with E-state index in [1.807, 2.05) is 24.3 Å². The lowest BCUT2D eigenvalue weighted by molar-refractivity contribution is -0.181. The molecule has 2 saturated carbocycles. The van der Waals surface area contributed by atoms with Crippen molar-refractivity contribution in [1.29, 1.82) is 0 Å². The summed E-state index contributed by atoms with van der Waals surface area (Å²) in [4.78, 5) is 71.4. The van der Waals surface area contributed by atoms with Crippen molar-refractivity contribution in [2.45, 2.75) is 31.0 Å². The number of aromatic hydroxyl groups is 1. The molecule has 3 aliphatic carbocycles. The largest absolute Gasteiger partial charge is 0.507 e. The molecule has 3 aromatic carbocycles. The quantitative estimate of drug-likeness (QED) is 0.348. The molecular weight excluding hydrogens is 602 g/mol. The van der Waals surface area contributed by atoms with Gasteiger partial charge in [-0.15, -0.1) is 0 Å². The minimum Gasteiger partial charge on any atom is -0.507 e. The second-order valence-electron chi connectivity index (χ2n) is 13.5. The van der Waals surface area contributed by atoms with Gasteiger partial charge < -0.3 is 20.7 Å². The number of morpholine rings is 1. The van der Waals surface area contributed by atoms with Gasteiger partial charge in [-0.05, 0) is 71.9 Å². The summed E-state index contributed by atoms with van der Waals surface area (Å²) in [6, 6.07) is 14.2. The number of hydrogen-bond acceptors (Lipinski definition) is 10. The van der Waals surface area contributed by atoms with Crippen molar-refractivity contribution < 1.29 is 38.9 Å². The molecule has 11 nitrogen and oxygen atoms in total. The number of likely N-dealkylation sites (N-methyl/N-ethyl adjacent to an activating group) is 1. The number of ketones is 4. The molecule has 1 aliphatic heterocycles. The summed E-state index contributed by atoms with van der Waals surface area (Å²) in [6.07, 6.45) is 0.192. The molecule has 0 spiro atoms. The van der Waals surface area contributed by atoms with Crippen LogP contribution in [0.25, 0.3) is 21.9 Å². The van der Waals surface area contributed by atoms with E-state index in [2.05, 4.69) is 17.0 Å². The molecule has 4 N–H and O–H groups in total. The van der Waals surface area contributed by atoms with Gasteiger partial charge >= 0.3 is 0 Å². The van der Waals surface area contributed by atoms with E-state index in [9.17, 15) is 34.2 Å². The van der Waals surface area contributed by atoms with Crippen molar-refractivity contribution in [2.24, 2.45) is 29.4 Å². The molecule has 7 rings (SSSR count). The highest BCUT2D eigenvalue weighted by Gasteiger charge is 2.69. The molecule has 47 heavy (non-hydrogen) atoms. The minimum absolute atomic E-state index is 0.00176. The van der Waals surface area contributed by atoms with Crippen LogP contribution in [0, 0.1) is 23.7 Å². The molecule has 3 fully saturated rings. The van der Waals surface area contributed by atoms with Gasteiger partial charge in [0, 0.05) is 25.6 Å². The normalized spacial score (nSPS) is 29.5. The Morgan fingerprint density at radius 2 is 1.66 bits per heavy atom. The molecule has 3 unspecified atom stereocenters. The van der Waals surface area contributed by atoms with Gasteiger partial charge in [0.2, 0.25) is 5.91 Å². The number of primary amides is 1. The molecule has 3 aromatic rings. The zero-order valence-electron chi connectivity index (χ0n) is 26.3. The van der Waals surface area contributed by atoms with E-state index in [0.717, 1.165) is 47.1 Å². The van der Waals surface area contributed by atoms with Gasteiger partial charge in [0.15, 0.2) is 34.7 Å². The number of hydrogen-bond donors (Lipinski definition) is 3. The lowest BCUT2D eigenvalue weighted by Crippen LogP contribution is -2.74. The van der Waals surface area contributed by atoms with E-state index in [1.54, 1.807) is 20.2 Å². The molecule has 6 atom stereocenters. The maximum Gasteiger partial charge on any atom is 0.235 e. The Morgan fingerprint density at radius 1 is 0.979 bits per heavy atom. The zero-order chi connectivity index (χ0) is 33.4. The van der Waals surface area contributed by atoms with E-state index in [1.165, 1.54) is 11.0 Å². The van der Waals surface area contributed by atoms with Gasteiger partial charge in [0.25, 0.3) is 0 Å². The van der Waals surface area contributed by atoms with Crippen molar-refractivity contribution in [2.75, 3.05) is 40.4 Å². The Balaban J connectivity index is 1.33. The second kappa shape index (κ2) is 11.4. The van der Waals surface area contributed by atoms with Crippen LogP contribution < -0.4 is 5.73 Å². The summed E-state index contributed by atoms with van der Waals surface area (Å²) in [5.41, 5.74) is 5.98. The van der Waals surface area contributed by atoms with Gasteiger partial charge in [-0.25, -0.2) is 0 Å². The van der Waals surface area contributed by atoms with Crippen LogP contribution in [0.1, 0.15) is 27.9 Å². The number of amides is 1. The number of carbonyl (C=O) groups excluding carboxylic acids is 5. The van der Waals surface area contributed by atoms with E-state index in [-0.39, 0.29) is 24.2 Å². The van der Waals surface area contributed by atoms with Gasteiger partial charge in [-0.3, -0.25) is 33.8 Å². The smallest absolute Gasteiger partial charge is 0.235 e. The van der Waals surface area contributed by atoms with Crippen molar-refractivity contribution in [3.8, 4) is 16.9 Å². The van der Waals surface area contributed by atoms with Crippen molar-refractivity contribution in [1.82, 2.24) is 9.80 Å². The fourth-order valence-electron chi connectivity index (χ4n) is 8.59. The summed E-state index contributed by atoms with van der Waals surface area (Å²) in [5, 5.41) is 24.9. The number of phenols is 1. The van der Waals surface area contributed by atoms with Crippen molar-refractivity contribution in [3.05, 3.63) is 65.2 Å². The Hall–Kier alpha value is -4.29. The Morgan fingerprint density at radius 3 is 2.34 bits per heavy atom. The van der Waals surface area contributed by atoms with Crippen LogP contribution >= 0.6 is 0 Å². The van der Waals surface area contributed by atoms with Crippen LogP contribution in [0.15, 0.2) is 48.5 Å². The number of nitrogens with two attached hydrogens (primary N) is 1. The molecule has 1 amide bonds. The summed E-state index contributed by atoms with van der Waals surface area (Å²) in [5.74, 6) is -10.6. The molecule has 1 heterocycles. The van der Waals surface area contributed by atoms with Crippen LogP contribution in [0.4, 0.5) is 0 Å². The molecule has 244 valence electrons. The molecule has 0 radical (unpaired) electrons. The summed E-state index contributed by atoms with van der Waals surface area (Å²) in [6.45, 7) is 3.83. The molecule has 1 saturated heterocycles. The Kier molecular flexibility index (Phi) is 7.63. The second-order valence-corrected chi connectivity index (χ2v) is 13.5. The van der Waals surface area contributed by atoms with E-state index in [0.29, 0.717) is 18.8 Å². The number of rotatable bonds is 5. The Labute approximate surface area is 271 Å². The SMILES string of the molecule is CN(C)C1C(=O)C(C(N)=O)C(=O)[C@@]2(O)C(=O)C3C(=O)c4c(O)ccc(-c5ccc(CN6CCOCC6)c6ccccc56)c4C[C@H]3C[C@@H]12. The van der Waals surface area contributed by atoms with E-state index < -0.39 is 64.4 Å². The van der Waals surface area contributed by atoms with Crippen LogP contribution in [0.2, 0.25) is 0 Å². The first-order valence-electron chi connectivity index (χ1n) is 16.0. The maximum atomic E-state index is 14.2. The van der Waals surface area contributed by atoms with Crippen LogP contribution in [-0.2, 0) is 36.9 Å². The molecule has 4 aliphatic rings. The van der Waals surface area contributed by atoms with Gasteiger partial charge in [0.05, 0.1) is 30.7 Å². The Bertz CT molecular complexity index is 1860. The highest BCUT2D eigenvalue weighted by atomic mass is 16.5. The van der Waals surface area contributed by atoms with E-state index in [4.69, 9.17) is 10.5 Å². The van der Waals surface area contributed by atoms with Crippen LogP contribution in [-0.4, -0.2) is 101 Å². The summed E-state index contributed by atoms with van der Waals surface area (Å²) >= 11 is 0. The maximum absolute atomic E-state index is 14.2. The lowest BCUT2D eigenvalue weighted by atomic mass is 9.52. The average molecular weight is 640 g/mol. The summed E-state index contributed by atoms with van der Waals surface area (Å²) in [7, 11) is 3.14. The number of nitrogens with zero attached hydrogens (tertiary/aromatic N) is 2. The number of phenolic OH excluding ortho intramolecular Hbond substituents is 1. The third-order valence-corrected chi connectivity index (χ3v) is 10.7. The fourth-order valence-corrected chi connectivity index (χ4v) is 8.59. The lowest BCUT2D eigenvalue weighted by Gasteiger charge is -2.52. The standard InChI is InChI=1S/C36H37N3O8/c1-38(2)30-25-16-19-15-24-23(22-8-7-18(17-39-11-13-47-14-12-39)20-5-3-4-6-21(20)22)9-10-26(40)28(24)31(41)27(19)33(43)36(25,46)34(44)29(32(30)42)35(37)45/h3-10,19,25,27,29-30,40,46H,11-17H2,1-2H3,(H2,37,45)/t19-,25-,27?,29?,30?,36-/m0/s1. The highest BCUT2D eigenvalue weighted by molar-refractivity contribution is 6.32. The number of aliphatic hydroxyl groups is 1. The molecule has 0 bridgehead atoms. The zero-order valence-corrected chi connectivity index (χ0v) is 26.3. The van der Waals surface area contributed by atoms with Crippen molar-refractivity contribution >= 4 is 39.8 Å².